The van der Waals surface area contributed by atoms with Gasteiger partial charge in [-0.1, -0.05) is 30.3 Å². The van der Waals surface area contributed by atoms with E-state index in [2.05, 4.69) is 10.6 Å². The van der Waals surface area contributed by atoms with Gasteiger partial charge in [-0.2, -0.15) is 0 Å². The van der Waals surface area contributed by atoms with Gasteiger partial charge >= 0.3 is 0 Å². The second kappa shape index (κ2) is 7.34. The highest BCUT2D eigenvalue weighted by Gasteiger charge is 2.57. The molecule has 1 saturated heterocycles. The van der Waals surface area contributed by atoms with Crippen LogP contribution in [0.3, 0.4) is 0 Å². The van der Waals surface area contributed by atoms with Crippen LogP contribution in [0.2, 0.25) is 0 Å². The third-order valence-corrected chi connectivity index (χ3v) is 5.47. The van der Waals surface area contributed by atoms with E-state index in [1.54, 1.807) is 4.90 Å². The molecule has 1 aliphatic carbocycles. The number of hydrogen-bond donors (Lipinski definition) is 2. The van der Waals surface area contributed by atoms with Gasteiger partial charge in [0.15, 0.2) is 0 Å². The van der Waals surface area contributed by atoms with Crippen molar-refractivity contribution in [3.63, 3.8) is 0 Å². The Hall–Kier alpha value is -1.88. The van der Waals surface area contributed by atoms with Gasteiger partial charge in [-0.15, -0.1) is 0 Å². The molecule has 1 atom stereocenters. The zero-order valence-corrected chi connectivity index (χ0v) is 14.4. The quantitative estimate of drug-likeness (QED) is 0.832. The molecular weight excluding hydrogens is 302 g/mol. The van der Waals surface area contributed by atoms with Crippen molar-refractivity contribution < 1.29 is 9.59 Å². The molecule has 0 bridgehead atoms. The Morgan fingerprint density at radius 3 is 2.62 bits per heavy atom. The molecule has 5 nitrogen and oxygen atoms in total. The van der Waals surface area contributed by atoms with E-state index < -0.39 is 0 Å². The molecular formula is C19H27N3O2. The summed E-state index contributed by atoms with van der Waals surface area (Å²) in [5.41, 5.74) is 1.32. The van der Waals surface area contributed by atoms with Crippen molar-refractivity contribution in [1.82, 2.24) is 15.5 Å². The summed E-state index contributed by atoms with van der Waals surface area (Å²) in [7, 11) is 0. The van der Waals surface area contributed by atoms with E-state index >= 15 is 0 Å². The molecule has 1 unspecified atom stereocenters. The lowest BCUT2D eigenvalue weighted by Crippen LogP contribution is -2.41. The molecule has 2 fully saturated rings. The molecule has 130 valence electrons. The van der Waals surface area contributed by atoms with E-state index in [9.17, 15) is 9.59 Å². The number of amides is 2. The second-order valence-electron chi connectivity index (χ2n) is 6.98. The number of benzene rings is 1. The van der Waals surface area contributed by atoms with Gasteiger partial charge in [0, 0.05) is 19.0 Å². The van der Waals surface area contributed by atoms with Gasteiger partial charge in [0.25, 0.3) is 0 Å². The van der Waals surface area contributed by atoms with Crippen LogP contribution in [0.15, 0.2) is 30.3 Å². The summed E-state index contributed by atoms with van der Waals surface area (Å²) < 4.78 is 0. The third kappa shape index (κ3) is 3.78. The minimum absolute atomic E-state index is 0.0188. The van der Waals surface area contributed by atoms with Crippen molar-refractivity contribution in [3.8, 4) is 0 Å². The summed E-state index contributed by atoms with van der Waals surface area (Å²) in [5.74, 6) is 0.146. The van der Waals surface area contributed by atoms with Crippen LogP contribution in [-0.4, -0.2) is 42.9 Å². The Morgan fingerprint density at radius 2 is 1.96 bits per heavy atom. The lowest BCUT2D eigenvalue weighted by atomic mass is 9.92. The summed E-state index contributed by atoms with van der Waals surface area (Å²) in [6.45, 7) is 5.30. The Bertz CT molecular complexity index is 582. The van der Waals surface area contributed by atoms with Gasteiger partial charge in [0.2, 0.25) is 11.8 Å². The zero-order chi connectivity index (χ0) is 17.0. The number of carbonyl (C=O) groups is 2. The fourth-order valence-corrected chi connectivity index (χ4v) is 3.77. The molecule has 1 aliphatic heterocycles. The Balaban J connectivity index is 1.46. The number of likely N-dealkylation sites (N-methyl/N-ethyl adjacent to an activating group) is 1. The van der Waals surface area contributed by atoms with E-state index in [0.717, 1.165) is 37.9 Å². The number of nitrogens with one attached hydrogen (secondary N) is 2. The Labute approximate surface area is 143 Å². The molecule has 0 aromatic heterocycles. The second-order valence-corrected chi connectivity index (χ2v) is 6.98. The summed E-state index contributed by atoms with van der Waals surface area (Å²) in [4.78, 5) is 26.5. The molecule has 2 amide bonds. The number of nitrogens with zero attached hydrogens (tertiary/aromatic N) is 1. The van der Waals surface area contributed by atoms with Crippen molar-refractivity contribution >= 4 is 11.8 Å². The molecule has 1 heterocycles. The van der Waals surface area contributed by atoms with Gasteiger partial charge in [0.05, 0.1) is 6.54 Å². The summed E-state index contributed by atoms with van der Waals surface area (Å²) in [6, 6.07) is 9.94. The average molecular weight is 329 g/mol. The monoisotopic (exact) mass is 329 g/mol. The van der Waals surface area contributed by atoms with Crippen LogP contribution in [0.5, 0.6) is 0 Å². The van der Waals surface area contributed by atoms with Crippen LogP contribution in [0.25, 0.3) is 0 Å². The van der Waals surface area contributed by atoms with E-state index in [0.29, 0.717) is 13.1 Å². The minimum atomic E-state index is -0.0188. The maximum Gasteiger partial charge on any atom is 0.242 e. The van der Waals surface area contributed by atoms with E-state index in [-0.39, 0.29) is 29.7 Å². The first-order chi connectivity index (χ1) is 11.6. The largest absolute Gasteiger partial charge is 0.347 e. The molecule has 24 heavy (non-hydrogen) atoms. The van der Waals surface area contributed by atoms with Gasteiger partial charge in [-0.05, 0) is 50.3 Å². The number of rotatable bonds is 6. The third-order valence-electron chi connectivity index (χ3n) is 5.47. The Morgan fingerprint density at radius 1 is 1.25 bits per heavy atom. The molecule has 1 saturated carbocycles. The van der Waals surface area contributed by atoms with Gasteiger partial charge < -0.3 is 15.5 Å². The zero-order valence-electron chi connectivity index (χ0n) is 14.4. The van der Waals surface area contributed by atoms with Gasteiger partial charge in [-0.25, -0.2) is 0 Å². The van der Waals surface area contributed by atoms with Crippen molar-refractivity contribution in [2.75, 3.05) is 26.2 Å². The van der Waals surface area contributed by atoms with Crippen LogP contribution in [0.4, 0.5) is 0 Å². The average Bonchev–Trinajstić information content (AvgIpc) is 3.31. The lowest BCUT2D eigenvalue weighted by Gasteiger charge is -2.24. The standard InChI is InChI=1S/C19H27N3O2/c1-2-22(14-15-6-4-3-5-7-15)17(23)13-21-18(24)16-12-19(16)8-10-20-11-9-19/h3-7,16,20H,2,8-14H2,1H3,(H,21,24). The van der Waals surface area contributed by atoms with Crippen LogP contribution < -0.4 is 10.6 Å². The normalized spacial score (nSPS) is 21.3. The predicted molar refractivity (Wildman–Crippen MR) is 93.2 cm³/mol. The summed E-state index contributed by atoms with van der Waals surface area (Å²) in [6.07, 6.45) is 3.14. The smallest absolute Gasteiger partial charge is 0.242 e. The maximum absolute atomic E-state index is 12.4. The molecule has 2 N–H and O–H groups in total. The van der Waals surface area contributed by atoms with Crippen molar-refractivity contribution in [1.29, 1.82) is 0 Å². The van der Waals surface area contributed by atoms with Crippen molar-refractivity contribution in [2.45, 2.75) is 32.7 Å². The van der Waals surface area contributed by atoms with Gasteiger partial charge in [-0.3, -0.25) is 9.59 Å². The van der Waals surface area contributed by atoms with Gasteiger partial charge in [0.1, 0.15) is 0 Å². The maximum atomic E-state index is 12.4. The van der Waals surface area contributed by atoms with Crippen molar-refractivity contribution in [3.05, 3.63) is 35.9 Å². The SMILES string of the molecule is CCN(Cc1ccccc1)C(=O)CNC(=O)C1CC12CCNCC2. The van der Waals surface area contributed by atoms with E-state index in [1.807, 2.05) is 37.3 Å². The van der Waals surface area contributed by atoms with E-state index in [4.69, 9.17) is 0 Å². The molecule has 1 aromatic rings. The summed E-state index contributed by atoms with van der Waals surface area (Å²) in [5, 5.41) is 6.21. The number of hydrogen-bond acceptors (Lipinski definition) is 3. The summed E-state index contributed by atoms with van der Waals surface area (Å²) >= 11 is 0. The van der Waals surface area contributed by atoms with Crippen LogP contribution in [-0.2, 0) is 16.1 Å². The molecule has 1 aromatic carbocycles. The highest BCUT2D eigenvalue weighted by molar-refractivity contribution is 5.87. The van der Waals surface area contributed by atoms with Crippen LogP contribution in [0.1, 0.15) is 31.7 Å². The molecule has 3 rings (SSSR count). The van der Waals surface area contributed by atoms with Crippen LogP contribution in [0, 0.1) is 11.3 Å². The lowest BCUT2D eigenvalue weighted by molar-refractivity contribution is -0.133. The van der Waals surface area contributed by atoms with E-state index in [1.165, 1.54) is 0 Å². The fraction of sp³-hybridized carbons (Fsp3) is 0.579. The predicted octanol–water partition coefficient (Wildman–Crippen LogP) is 1.54. The number of carbonyl (C=O) groups excluding carboxylic acids is 2. The topological polar surface area (TPSA) is 61.4 Å². The fourth-order valence-electron chi connectivity index (χ4n) is 3.77. The molecule has 5 heteroatoms. The Kier molecular flexibility index (Phi) is 5.19. The first-order valence-electron chi connectivity index (χ1n) is 8.95. The van der Waals surface area contributed by atoms with Crippen LogP contribution >= 0.6 is 0 Å². The molecule has 0 radical (unpaired) electrons. The number of piperidine rings is 1. The minimum Gasteiger partial charge on any atom is -0.347 e. The first kappa shape index (κ1) is 17.0. The molecule has 1 spiro atoms. The molecule has 2 aliphatic rings. The highest BCUT2D eigenvalue weighted by Crippen LogP contribution is 2.58. The van der Waals surface area contributed by atoms with Crippen molar-refractivity contribution in [2.24, 2.45) is 11.3 Å². The highest BCUT2D eigenvalue weighted by atomic mass is 16.2. The first-order valence-corrected chi connectivity index (χ1v) is 8.95.